The molecule has 2 amide bonds. The van der Waals surface area contributed by atoms with Gasteiger partial charge in [0.1, 0.15) is 6.54 Å². The van der Waals surface area contributed by atoms with Crippen molar-refractivity contribution in [3.05, 3.63) is 59.4 Å². The third-order valence-electron chi connectivity index (χ3n) is 6.32. The maximum Gasteiger partial charge on any atom is 0.254 e. The van der Waals surface area contributed by atoms with Crippen molar-refractivity contribution in [2.45, 2.75) is 77.8 Å². The highest BCUT2D eigenvalue weighted by atomic mass is 16.2. The van der Waals surface area contributed by atoms with E-state index in [4.69, 9.17) is 0 Å². The number of unbranched alkanes of at least 4 members (excludes halogenated alkanes) is 3. The van der Waals surface area contributed by atoms with Gasteiger partial charge in [-0.25, -0.2) is 0 Å². The van der Waals surface area contributed by atoms with E-state index in [1.54, 1.807) is 4.90 Å². The second-order valence-corrected chi connectivity index (χ2v) is 9.10. The largest absolute Gasteiger partial charge is 0.353 e. The van der Waals surface area contributed by atoms with Crippen LogP contribution >= 0.6 is 0 Å². The van der Waals surface area contributed by atoms with Crippen LogP contribution in [0.5, 0.6) is 0 Å². The molecule has 0 bridgehead atoms. The minimum Gasteiger partial charge on any atom is -0.353 e. The number of rotatable bonds is 13. The van der Waals surface area contributed by atoms with Crippen molar-refractivity contribution in [1.29, 1.82) is 0 Å². The molecule has 0 N–H and O–H groups in total. The third kappa shape index (κ3) is 6.72. The molecule has 0 atom stereocenters. The van der Waals surface area contributed by atoms with Crippen molar-refractivity contribution in [2.24, 2.45) is 7.05 Å². The van der Waals surface area contributed by atoms with Crippen LogP contribution in [0.25, 0.3) is 0 Å². The van der Waals surface area contributed by atoms with Gasteiger partial charge in [-0.15, -0.1) is 0 Å². The highest BCUT2D eigenvalue weighted by Gasteiger charge is 2.34. The summed E-state index contributed by atoms with van der Waals surface area (Å²) >= 11 is 0. The van der Waals surface area contributed by atoms with E-state index in [-0.39, 0.29) is 18.4 Å². The molecular weight excluding hydrogens is 398 g/mol. The fourth-order valence-electron chi connectivity index (χ4n) is 4.17. The second-order valence-electron chi connectivity index (χ2n) is 9.10. The molecule has 5 nitrogen and oxygen atoms in total. The molecule has 0 aliphatic heterocycles. The Bertz CT molecular complexity index is 867. The third-order valence-corrected chi connectivity index (χ3v) is 6.32. The quantitative estimate of drug-likeness (QED) is 0.405. The van der Waals surface area contributed by atoms with Crippen LogP contribution in [0, 0.1) is 0 Å². The van der Waals surface area contributed by atoms with Gasteiger partial charge in [0.15, 0.2) is 0 Å². The second kappa shape index (κ2) is 11.9. The predicted octanol–water partition coefficient (Wildman–Crippen LogP) is 5.19. The van der Waals surface area contributed by atoms with Gasteiger partial charge >= 0.3 is 0 Å². The first kappa shape index (κ1) is 24.1. The highest BCUT2D eigenvalue weighted by Crippen LogP contribution is 2.28. The van der Waals surface area contributed by atoms with E-state index in [9.17, 15) is 9.59 Å². The standard InChI is InChI=1S/C27H39N3O2/c1-4-6-7-8-10-22-12-14-23(15-13-22)27(32)29(18-5-2)21-26(31)30(24-16-17-24)20-25-11-9-19-28(25)3/h9,11-15,19,24H,4-8,10,16-18,20-21H2,1-3H3. The molecule has 1 fully saturated rings. The van der Waals surface area contributed by atoms with Gasteiger partial charge in [0, 0.05) is 37.1 Å². The molecular formula is C27H39N3O2. The molecule has 5 heteroatoms. The molecule has 2 aromatic rings. The number of aryl methyl sites for hydroxylation is 2. The zero-order valence-electron chi connectivity index (χ0n) is 20.1. The van der Waals surface area contributed by atoms with Gasteiger partial charge in [-0.05, 0) is 61.9 Å². The predicted molar refractivity (Wildman–Crippen MR) is 129 cm³/mol. The van der Waals surface area contributed by atoms with Gasteiger partial charge in [0.2, 0.25) is 5.91 Å². The number of nitrogens with zero attached hydrogens (tertiary/aromatic N) is 3. The average Bonchev–Trinajstić information content (AvgIpc) is 3.56. The summed E-state index contributed by atoms with van der Waals surface area (Å²) in [6.07, 6.45) is 11.0. The minimum atomic E-state index is -0.0488. The molecule has 1 aromatic carbocycles. The van der Waals surface area contributed by atoms with Crippen LogP contribution in [0.2, 0.25) is 0 Å². The van der Waals surface area contributed by atoms with Crippen molar-refractivity contribution in [3.63, 3.8) is 0 Å². The van der Waals surface area contributed by atoms with Crippen LogP contribution in [-0.4, -0.2) is 45.3 Å². The summed E-state index contributed by atoms with van der Waals surface area (Å²) in [4.78, 5) is 30.1. The first-order valence-corrected chi connectivity index (χ1v) is 12.3. The zero-order chi connectivity index (χ0) is 22.9. The van der Waals surface area contributed by atoms with E-state index < -0.39 is 0 Å². The number of hydrogen-bond donors (Lipinski definition) is 0. The molecule has 1 heterocycles. The fraction of sp³-hybridized carbons (Fsp3) is 0.556. The van der Waals surface area contributed by atoms with E-state index in [0.717, 1.165) is 31.4 Å². The molecule has 1 aliphatic rings. The number of amides is 2. The maximum atomic E-state index is 13.2. The summed E-state index contributed by atoms with van der Waals surface area (Å²) in [5.41, 5.74) is 3.07. The molecule has 1 aliphatic carbocycles. The first-order chi connectivity index (χ1) is 15.5. The van der Waals surface area contributed by atoms with Crippen molar-refractivity contribution >= 4 is 11.8 Å². The number of aromatic nitrogens is 1. The van der Waals surface area contributed by atoms with Crippen molar-refractivity contribution < 1.29 is 9.59 Å². The molecule has 3 rings (SSSR count). The Balaban J connectivity index is 1.62. The number of carbonyl (C=O) groups excluding carboxylic acids is 2. The molecule has 1 aromatic heterocycles. The van der Waals surface area contributed by atoms with Crippen LogP contribution in [-0.2, 0) is 24.8 Å². The Kier molecular flexibility index (Phi) is 8.95. The molecule has 0 saturated heterocycles. The van der Waals surface area contributed by atoms with E-state index in [0.29, 0.717) is 24.7 Å². The van der Waals surface area contributed by atoms with Gasteiger partial charge in [0.25, 0.3) is 5.91 Å². The average molecular weight is 438 g/mol. The van der Waals surface area contributed by atoms with Gasteiger partial charge in [0.05, 0.1) is 6.54 Å². The Morgan fingerprint density at radius 1 is 1.00 bits per heavy atom. The van der Waals surface area contributed by atoms with Crippen molar-refractivity contribution in [2.75, 3.05) is 13.1 Å². The van der Waals surface area contributed by atoms with E-state index in [1.165, 1.54) is 31.2 Å². The monoisotopic (exact) mass is 437 g/mol. The van der Waals surface area contributed by atoms with E-state index in [1.807, 2.05) is 43.3 Å². The summed E-state index contributed by atoms with van der Waals surface area (Å²) in [6.45, 7) is 5.61. The van der Waals surface area contributed by atoms with Gasteiger partial charge < -0.3 is 14.4 Å². The Hall–Kier alpha value is -2.56. The lowest BCUT2D eigenvalue weighted by Gasteiger charge is -2.28. The smallest absolute Gasteiger partial charge is 0.254 e. The zero-order valence-corrected chi connectivity index (χ0v) is 20.1. The summed E-state index contributed by atoms with van der Waals surface area (Å²) in [7, 11) is 2.01. The molecule has 0 radical (unpaired) electrons. The molecule has 174 valence electrons. The van der Waals surface area contributed by atoms with Gasteiger partial charge in [-0.3, -0.25) is 9.59 Å². The SMILES string of the molecule is CCCCCCc1ccc(C(=O)N(CCC)CC(=O)N(Cc2cccn2C)C2CC2)cc1. The van der Waals surface area contributed by atoms with Gasteiger partial charge in [-0.1, -0.05) is 45.2 Å². The normalized spacial score (nSPS) is 13.2. The number of benzene rings is 1. The Morgan fingerprint density at radius 3 is 2.34 bits per heavy atom. The van der Waals surface area contributed by atoms with Crippen LogP contribution < -0.4 is 0 Å². The topological polar surface area (TPSA) is 45.6 Å². The van der Waals surface area contributed by atoms with Crippen LogP contribution in [0.15, 0.2) is 42.6 Å². The molecule has 0 spiro atoms. The first-order valence-electron chi connectivity index (χ1n) is 12.3. The van der Waals surface area contributed by atoms with Gasteiger partial charge in [-0.2, -0.15) is 0 Å². The number of hydrogen-bond acceptors (Lipinski definition) is 2. The van der Waals surface area contributed by atoms with Crippen LogP contribution in [0.4, 0.5) is 0 Å². The lowest BCUT2D eigenvalue weighted by molar-refractivity contribution is -0.133. The van der Waals surface area contributed by atoms with Crippen LogP contribution in [0.3, 0.4) is 0 Å². The van der Waals surface area contributed by atoms with Crippen molar-refractivity contribution in [3.8, 4) is 0 Å². The Morgan fingerprint density at radius 2 is 1.75 bits per heavy atom. The summed E-state index contributed by atoms with van der Waals surface area (Å²) in [6, 6.07) is 12.4. The minimum absolute atomic E-state index is 0.0445. The summed E-state index contributed by atoms with van der Waals surface area (Å²) < 4.78 is 2.06. The Labute approximate surface area is 193 Å². The summed E-state index contributed by atoms with van der Waals surface area (Å²) in [5.74, 6) is -0.00427. The molecule has 1 saturated carbocycles. The van der Waals surface area contributed by atoms with Crippen molar-refractivity contribution in [1.82, 2.24) is 14.4 Å². The van der Waals surface area contributed by atoms with E-state index in [2.05, 4.69) is 29.7 Å². The molecule has 0 unspecified atom stereocenters. The fourth-order valence-corrected chi connectivity index (χ4v) is 4.17. The summed E-state index contributed by atoms with van der Waals surface area (Å²) in [5, 5.41) is 0. The highest BCUT2D eigenvalue weighted by molar-refractivity contribution is 5.96. The lowest BCUT2D eigenvalue weighted by Crippen LogP contribution is -2.44. The molecule has 32 heavy (non-hydrogen) atoms. The maximum absolute atomic E-state index is 13.2. The van der Waals surface area contributed by atoms with E-state index >= 15 is 0 Å². The van der Waals surface area contributed by atoms with Crippen LogP contribution in [0.1, 0.15) is 80.4 Å². The number of carbonyl (C=O) groups is 2. The lowest BCUT2D eigenvalue weighted by atomic mass is 10.0.